The average Bonchev–Trinajstić information content (AvgIpc) is 3.09. The highest BCUT2D eigenvalue weighted by atomic mass is 32.2. The number of ether oxygens (including phenoxy) is 1. The number of Topliss-reactive ketones (excluding diaryl/α,β-unsaturated/α-hetero) is 2. The highest BCUT2D eigenvalue weighted by Crippen LogP contribution is 2.47. The van der Waals surface area contributed by atoms with Crippen LogP contribution in [0.3, 0.4) is 0 Å². The van der Waals surface area contributed by atoms with Crippen molar-refractivity contribution in [3.05, 3.63) is 82.8 Å². The van der Waals surface area contributed by atoms with Crippen LogP contribution >= 0.6 is 23.5 Å². The van der Waals surface area contributed by atoms with E-state index in [1.807, 2.05) is 0 Å². The number of methoxy groups -OCH3 is 1. The number of hydrogen-bond donors (Lipinski definition) is 2. The van der Waals surface area contributed by atoms with E-state index < -0.39 is 32.7 Å². The maximum absolute atomic E-state index is 13.3. The van der Waals surface area contributed by atoms with Gasteiger partial charge in [-0.2, -0.15) is 0 Å². The van der Waals surface area contributed by atoms with E-state index in [9.17, 15) is 19.2 Å². The third kappa shape index (κ3) is 4.52. The summed E-state index contributed by atoms with van der Waals surface area (Å²) in [6, 6.07) is 16.4. The van der Waals surface area contributed by atoms with Crippen molar-refractivity contribution in [3.8, 4) is 0 Å². The molecule has 1 saturated heterocycles. The minimum absolute atomic E-state index is 0.0430. The molecule has 1 fully saturated rings. The summed E-state index contributed by atoms with van der Waals surface area (Å²) in [5.41, 5.74) is 0.578. The van der Waals surface area contributed by atoms with Crippen LogP contribution in [0.5, 0.6) is 0 Å². The number of thioether (sulfide) groups is 2. The van der Waals surface area contributed by atoms with Crippen LogP contribution in [0, 0.1) is 5.41 Å². The quantitative estimate of drug-likeness (QED) is 0.233. The van der Waals surface area contributed by atoms with Crippen LogP contribution < -0.4 is 5.32 Å². The van der Waals surface area contributed by atoms with Gasteiger partial charge in [0.1, 0.15) is 5.04 Å². The second-order valence-corrected chi connectivity index (χ2v) is 8.77. The van der Waals surface area contributed by atoms with Gasteiger partial charge < -0.3 is 10.1 Å². The lowest BCUT2D eigenvalue weighted by atomic mass is 10.1. The van der Waals surface area contributed by atoms with Crippen LogP contribution in [0.25, 0.3) is 0 Å². The highest BCUT2D eigenvalue weighted by molar-refractivity contribution is 8.29. The minimum Gasteiger partial charge on any atom is -0.466 e. The largest absolute Gasteiger partial charge is 0.466 e. The monoisotopic (exact) mass is 440 g/mol. The summed E-state index contributed by atoms with van der Waals surface area (Å²) in [7, 11) is 1.17. The third-order valence-corrected chi connectivity index (χ3v) is 6.59. The summed E-state index contributed by atoms with van der Waals surface area (Å²) in [5, 5.41) is 10.4. The molecule has 0 bridgehead atoms. The fourth-order valence-electron chi connectivity index (χ4n) is 2.58. The zero-order valence-corrected chi connectivity index (χ0v) is 17.3. The number of ketones is 2. The molecule has 1 amide bonds. The third-order valence-electron chi connectivity index (χ3n) is 4.03. The van der Waals surface area contributed by atoms with Gasteiger partial charge in [-0.1, -0.05) is 84.2 Å². The second-order valence-electron chi connectivity index (χ2n) is 6.03. The lowest BCUT2D eigenvalue weighted by molar-refractivity contribution is -0.135. The number of carbonyl (C=O) groups excluding carboxylic acids is 4. The smallest absolute Gasteiger partial charge is 0.331 e. The molecular formula is C21H16N2O5S2. The Kier molecular flexibility index (Phi) is 6.53. The Labute approximate surface area is 180 Å². The molecule has 30 heavy (non-hydrogen) atoms. The molecule has 0 spiro atoms. The van der Waals surface area contributed by atoms with Gasteiger partial charge in [-0.25, -0.2) is 4.79 Å². The van der Waals surface area contributed by atoms with Gasteiger partial charge in [-0.15, -0.1) is 0 Å². The molecule has 0 aromatic heterocycles. The molecule has 1 atom stereocenters. The second kappa shape index (κ2) is 9.10. The first-order chi connectivity index (χ1) is 14.4. The van der Waals surface area contributed by atoms with Gasteiger partial charge in [0.15, 0.2) is 0 Å². The number of rotatable bonds is 6. The van der Waals surface area contributed by atoms with Crippen LogP contribution in [0.2, 0.25) is 0 Å². The van der Waals surface area contributed by atoms with Crippen molar-refractivity contribution in [2.75, 3.05) is 7.11 Å². The maximum Gasteiger partial charge on any atom is 0.331 e. The lowest BCUT2D eigenvalue weighted by Crippen LogP contribution is -2.45. The van der Waals surface area contributed by atoms with E-state index in [0.717, 1.165) is 17.8 Å². The molecular weight excluding hydrogens is 424 g/mol. The molecule has 2 N–H and O–H groups in total. The lowest BCUT2D eigenvalue weighted by Gasteiger charge is -2.25. The van der Waals surface area contributed by atoms with Crippen LogP contribution in [0.1, 0.15) is 20.7 Å². The normalized spacial score (nSPS) is 19.2. The molecule has 152 valence electrons. The zero-order valence-electron chi connectivity index (χ0n) is 15.7. The molecule has 2 aromatic carbocycles. The Morgan fingerprint density at radius 3 is 2.17 bits per heavy atom. The summed E-state index contributed by atoms with van der Waals surface area (Å²) >= 11 is 1.40. The summed E-state index contributed by atoms with van der Waals surface area (Å²) in [4.78, 5) is 50.0. The summed E-state index contributed by atoms with van der Waals surface area (Å²) < 4.78 is 2.85. The molecule has 9 heteroatoms. The number of hydrogen-bond acceptors (Lipinski definition) is 8. The predicted octanol–water partition coefficient (Wildman–Crippen LogP) is 3.04. The number of benzene rings is 2. The summed E-state index contributed by atoms with van der Waals surface area (Å²) in [6.45, 7) is 0. The standard InChI is InChI=1S/C21H16N2O5S2/c1-28-16(24)12-15-20(27)23-21(29-15,18(26)14-10-6-3-7-11-14)30-19(22)17(25)13-8-4-2-5-9-13/h2-12,22H,1H3,(H,23,27)/b15-12-,22-19?. The molecule has 3 rings (SSSR count). The number of carbonyl (C=O) groups is 4. The first-order valence-electron chi connectivity index (χ1n) is 8.64. The summed E-state index contributed by atoms with van der Waals surface area (Å²) in [6.07, 6.45) is 0.975. The van der Waals surface area contributed by atoms with Crippen LogP contribution in [-0.2, 0) is 14.3 Å². The predicted molar refractivity (Wildman–Crippen MR) is 115 cm³/mol. The van der Waals surface area contributed by atoms with Crippen molar-refractivity contribution in [2.45, 2.75) is 4.20 Å². The molecule has 7 nitrogen and oxygen atoms in total. The first-order valence-corrected chi connectivity index (χ1v) is 10.3. The zero-order chi connectivity index (χ0) is 21.7. The van der Waals surface area contributed by atoms with Gasteiger partial charge in [0.2, 0.25) is 15.8 Å². The molecule has 1 aliphatic rings. The number of nitrogens with one attached hydrogen (secondary N) is 2. The summed E-state index contributed by atoms with van der Waals surface area (Å²) in [5.74, 6) is -2.51. The average molecular weight is 441 g/mol. The Hall–Kier alpha value is -3.17. The molecule has 1 heterocycles. The Bertz CT molecular complexity index is 1050. The van der Waals surface area contributed by atoms with Crippen LogP contribution in [0.4, 0.5) is 0 Å². The van der Waals surface area contributed by atoms with Crippen molar-refractivity contribution >= 4 is 52.0 Å². The number of amides is 1. The number of esters is 1. The SMILES string of the molecule is COC(=O)/C=C1\SC(SC(=N)C(=O)c2ccccc2)(C(=O)c2ccccc2)NC1=O. The van der Waals surface area contributed by atoms with E-state index in [0.29, 0.717) is 11.8 Å². The van der Waals surface area contributed by atoms with Gasteiger partial charge in [0.05, 0.1) is 12.0 Å². The highest BCUT2D eigenvalue weighted by Gasteiger charge is 2.51. The Morgan fingerprint density at radius 1 is 1.03 bits per heavy atom. The van der Waals surface area contributed by atoms with Crippen molar-refractivity contribution in [3.63, 3.8) is 0 Å². The van der Waals surface area contributed by atoms with Gasteiger partial charge in [0.25, 0.3) is 5.91 Å². The van der Waals surface area contributed by atoms with Crippen LogP contribution in [-0.4, -0.2) is 39.8 Å². The van der Waals surface area contributed by atoms with E-state index in [2.05, 4.69) is 10.1 Å². The van der Waals surface area contributed by atoms with E-state index in [4.69, 9.17) is 5.41 Å². The molecule has 1 unspecified atom stereocenters. The van der Waals surface area contributed by atoms with E-state index in [1.165, 1.54) is 7.11 Å². The molecule has 2 aromatic rings. The van der Waals surface area contributed by atoms with Gasteiger partial charge >= 0.3 is 5.97 Å². The van der Waals surface area contributed by atoms with Crippen LogP contribution in [0.15, 0.2) is 71.6 Å². The Morgan fingerprint density at radius 2 is 1.60 bits per heavy atom. The van der Waals surface area contributed by atoms with Gasteiger partial charge in [-0.3, -0.25) is 19.8 Å². The van der Waals surface area contributed by atoms with Crippen molar-refractivity contribution in [1.82, 2.24) is 5.32 Å². The van der Waals surface area contributed by atoms with Crippen molar-refractivity contribution in [2.24, 2.45) is 0 Å². The first kappa shape index (κ1) is 21.5. The van der Waals surface area contributed by atoms with E-state index in [-0.39, 0.29) is 16.0 Å². The maximum atomic E-state index is 13.3. The van der Waals surface area contributed by atoms with Crippen molar-refractivity contribution in [1.29, 1.82) is 5.41 Å². The van der Waals surface area contributed by atoms with E-state index >= 15 is 0 Å². The Balaban J connectivity index is 1.97. The minimum atomic E-state index is -1.71. The molecule has 0 aliphatic carbocycles. The molecule has 0 saturated carbocycles. The fraction of sp³-hybridized carbons (Fsp3) is 0.0952. The molecule has 1 aliphatic heterocycles. The van der Waals surface area contributed by atoms with Gasteiger partial charge in [0, 0.05) is 17.2 Å². The van der Waals surface area contributed by atoms with E-state index in [1.54, 1.807) is 60.7 Å². The van der Waals surface area contributed by atoms with Gasteiger partial charge in [-0.05, 0) is 0 Å². The fourth-order valence-corrected chi connectivity index (χ4v) is 5.09. The molecule has 0 radical (unpaired) electrons. The van der Waals surface area contributed by atoms with Crippen molar-refractivity contribution < 1.29 is 23.9 Å². The topological polar surface area (TPSA) is 113 Å².